The van der Waals surface area contributed by atoms with E-state index in [0.29, 0.717) is 5.92 Å². The molecule has 2 heterocycles. The lowest BCUT2D eigenvalue weighted by Gasteiger charge is -2.35. The molecule has 0 saturated carbocycles. The minimum atomic E-state index is -0.0776. The normalized spacial score (nSPS) is 32.6. The first kappa shape index (κ1) is 16.2. The zero-order valence-corrected chi connectivity index (χ0v) is 15.5. The average molecular weight is 343 g/mol. The van der Waals surface area contributed by atoms with E-state index in [-0.39, 0.29) is 23.4 Å². The largest absolute Gasteiger partial charge is 0.336 e. The van der Waals surface area contributed by atoms with Gasteiger partial charge in [0.25, 0.3) is 0 Å². The van der Waals surface area contributed by atoms with Gasteiger partial charge in [0, 0.05) is 0 Å². The highest BCUT2D eigenvalue weighted by Gasteiger charge is 2.45. The van der Waals surface area contributed by atoms with Crippen LogP contribution in [0.3, 0.4) is 0 Å². The summed E-state index contributed by atoms with van der Waals surface area (Å²) in [6.07, 6.45) is 3.38. The van der Waals surface area contributed by atoms with Crippen molar-refractivity contribution in [2.75, 3.05) is 0 Å². The summed E-state index contributed by atoms with van der Waals surface area (Å²) in [6.45, 7) is 6.72. The van der Waals surface area contributed by atoms with Crippen LogP contribution in [0.4, 0.5) is 0 Å². The molecule has 1 aromatic rings. The zero-order valence-electron chi connectivity index (χ0n) is 14.6. The highest BCUT2D eigenvalue weighted by Crippen LogP contribution is 2.50. The monoisotopic (exact) mass is 342 g/mol. The summed E-state index contributed by atoms with van der Waals surface area (Å²) in [6, 6.07) is 8.63. The van der Waals surface area contributed by atoms with Gasteiger partial charge in [-0.1, -0.05) is 45.0 Å². The number of carbonyl (C=O) groups excluding carboxylic acids is 1. The van der Waals surface area contributed by atoms with Crippen molar-refractivity contribution < 1.29 is 4.79 Å². The molecule has 4 heteroatoms. The van der Waals surface area contributed by atoms with Crippen molar-refractivity contribution in [2.45, 2.75) is 57.5 Å². The molecule has 4 unspecified atom stereocenters. The number of rotatable bonds is 2. The van der Waals surface area contributed by atoms with Crippen LogP contribution in [0.25, 0.3) is 0 Å². The molecule has 1 aliphatic carbocycles. The third-order valence-corrected chi connectivity index (χ3v) is 6.96. The third kappa shape index (κ3) is 2.80. The zero-order chi connectivity index (χ0) is 16.8. The summed E-state index contributed by atoms with van der Waals surface area (Å²) in [5, 5.41) is 7.07. The molecule has 1 aromatic carbocycles. The molecule has 2 aliphatic heterocycles. The van der Waals surface area contributed by atoms with Crippen molar-refractivity contribution in [1.29, 1.82) is 0 Å². The van der Waals surface area contributed by atoms with E-state index in [4.69, 9.17) is 0 Å². The fourth-order valence-electron chi connectivity index (χ4n) is 4.06. The van der Waals surface area contributed by atoms with E-state index in [9.17, 15) is 4.79 Å². The van der Waals surface area contributed by atoms with Crippen LogP contribution >= 0.6 is 11.8 Å². The van der Waals surface area contributed by atoms with E-state index >= 15 is 0 Å². The molecule has 3 nitrogen and oxygen atoms in total. The van der Waals surface area contributed by atoms with Gasteiger partial charge in [-0.05, 0) is 52.7 Å². The van der Waals surface area contributed by atoms with Gasteiger partial charge in [-0.3, -0.25) is 10.1 Å². The SMILES string of the molecule is CC1CCC2=C(C1)SC1NC(c3ccc(C(C)C)cc3)NC(=O)C21. The maximum Gasteiger partial charge on any atom is 0.231 e. The van der Waals surface area contributed by atoms with Crippen molar-refractivity contribution in [2.24, 2.45) is 11.8 Å². The fourth-order valence-corrected chi connectivity index (χ4v) is 5.76. The van der Waals surface area contributed by atoms with Gasteiger partial charge in [-0.2, -0.15) is 0 Å². The van der Waals surface area contributed by atoms with Crippen molar-refractivity contribution >= 4 is 17.7 Å². The Bertz CT molecular complexity index is 679. The molecular formula is C20H26N2OS. The van der Waals surface area contributed by atoms with Gasteiger partial charge in [-0.15, -0.1) is 11.8 Å². The van der Waals surface area contributed by atoms with Gasteiger partial charge in [0.2, 0.25) is 5.91 Å². The van der Waals surface area contributed by atoms with Gasteiger partial charge < -0.3 is 5.32 Å². The van der Waals surface area contributed by atoms with Crippen LogP contribution < -0.4 is 10.6 Å². The highest BCUT2D eigenvalue weighted by atomic mass is 32.2. The lowest BCUT2D eigenvalue weighted by atomic mass is 9.83. The molecule has 1 fully saturated rings. The maximum absolute atomic E-state index is 12.8. The molecule has 2 N–H and O–H groups in total. The fraction of sp³-hybridized carbons (Fsp3) is 0.550. The van der Waals surface area contributed by atoms with Crippen LogP contribution in [0.15, 0.2) is 34.7 Å². The summed E-state index contributed by atoms with van der Waals surface area (Å²) in [5.41, 5.74) is 3.88. The minimum absolute atomic E-state index is 0.0312. The second-order valence-corrected chi connectivity index (χ2v) is 8.98. The van der Waals surface area contributed by atoms with E-state index in [1.54, 1.807) is 0 Å². The van der Waals surface area contributed by atoms with Crippen molar-refractivity contribution in [3.05, 3.63) is 45.9 Å². The number of thioether (sulfide) groups is 1. The van der Waals surface area contributed by atoms with Crippen LogP contribution in [0.5, 0.6) is 0 Å². The Balaban J connectivity index is 1.52. The lowest BCUT2D eigenvalue weighted by molar-refractivity contribution is -0.127. The Morgan fingerprint density at radius 1 is 1.21 bits per heavy atom. The number of nitrogens with one attached hydrogen (secondary N) is 2. The Hall–Kier alpha value is -1.26. The topological polar surface area (TPSA) is 41.1 Å². The first-order chi connectivity index (χ1) is 11.5. The molecule has 3 aliphatic rings. The third-order valence-electron chi connectivity index (χ3n) is 5.58. The van der Waals surface area contributed by atoms with Gasteiger partial charge in [0.1, 0.15) is 6.17 Å². The van der Waals surface area contributed by atoms with E-state index < -0.39 is 0 Å². The number of amides is 1. The van der Waals surface area contributed by atoms with Crippen LogP contribution in [0, 0.1) is 11.8 Å². The summed E-state index contributed by atoms with van der Waals surface area (Å²) in [4.78, 5) is 14.2. The van der Waals surface area contributed by atoms with E-state index in [1.165, 1.54) is 22.5 Å². The van der Waals surface area contributed by atoms with Gasteiger partial charge >= 0.3 is 0 Å². The highest BCUT2D eigenvalue weighted by molar-refractivity contribution is 8.04. The van der Waals surface area contributed by atoms with E-state index in [0.717, 1.165) is 24.3 Å². The van der Waals surface area contributed by atoms with Crippen LogP contribution in [0.1, 0.15) is 63.2 Å². The predicted molar refractivity (Wildman–Crippen MR) is 99.5 cm³/mol. The van der Waals surface area contributed by atoms with Gasteiger partial charge in [-0.25, -0.2) is 0 Å². The smallest absolute Gasteiger partial charge is 0.231 e. The second kappa shape index (κ2) is 6.23. The maximum atomic E-state index is 12.8. The van der Waals surface area contributed by atoms with Gasteiger partial charge in [0.15, 0.2) is 0 Å². The molecule has 4 rings (SSSR count). The van der Waals surface area contributed by atoms with Gasteiger partial charge in [0.05, 0.1) is 11.3 Å². The van der Waals surface area contributed by atoms with Crippen molar-refractivity contribution in [1.82, 2.24) is 10.6 Å². The minimum Gasteiger partial charge on any atom is -0.336 e. The quantitative estimate of drug-likeness (QED) is 0.842. The average Bonchev–Trinajstić information content (AvgIpc) is 2.92. The molecule has 4 atom stereocenters. The van der Waals surface area contributed by atoms with E-state index in [2.05, 4.69) is 55.7 Å². The first-order valence-corrected chi connectivity index (χ1v) is 9.95. The summed E-state index contributed by atoms with van der Waals surface area (Å²) in [5.74, 6) is 1.51. The number of carbonyl (C=O) groups is 1. The Labute approximate surface area is 148 Å². The number of allylic oxidation sites excluding steroid dienone is 1. The van der Waals surface area contributed by atoms with Crippen molar-refractivity contribution in [3.8, 4) is 0 Å². The molecule has 0 spiro atoms. The van der Waals surface area contributed by atoms with Crippen LogP contribution in [0.2, 0.25) is 0 Å². The lowest BCUT2D eigenvalue weighted by Crippen LogP contribution is -2.54. The predicted octanol–water partition coefficient (Wildman–Crippen LogP) is 4.29. The number of hydrogen-bond acceptors (Lipinski definition) is 3. The Morgan fingerprint density at radius 3 is 2.67 bits per heavy atom. The molecule has 128 valence electrons. The summed E-state index contributed by atoms with van der Waals surface area (Å²) in [7, 11) is 0. The summed E-state index contributed by atoms with van der Waals surface area (Å²) >= 11 is 1.90. The number of benzene rings is 1. The Morgan fingerprint density at radius 2 is 1.96 bits per heavy atom. The molecule has 0 aromatic heterocycles. The van der Waals surface area contributed by atoms with Crippen molar-refractivity contribution in [3.63, 3.8) is 0 Å². The molecular weight excluding hydrogens is 316 g/mol. The summed E-state index contributed by atoms with van der Waals surface area (Å²) < 4.78 is 0. The Kier molecular flexibility index (Phi) is 4.21. The number of fused-ring (bicyclic) bond motifs is 2. The van der Waals surface area contributed by atoms with Crippen LogP contribution in [-0.2, 0) is 4.79 Å². The molecule has 24 heavy (non-hydrogen) atoms. The molecule has 0 radical (unpaired) electrons. The standard InChI is InChI=1S/C20H26N2OS/c1-11(2)13-5-7-14(8-6-13)18-21-19(23)17-15-9-4-12(3)10-16(15)24-20(17)22-18/h5-8,11-12,17-18,20,22H,4,9-10H2,1-3H3,(H,21,23). The second-order valence-electron chi connectivity index (χ2n) is 7.74. The number of hydrogen-bond donors (Lipinski definition) is 2. The first-order valence-electron chi connectivity index (χ1n) is 9.08. The van der Waals surface area contributed by atoms with E-state index in [1.807, 2.05) is 11.8 Å². The molecule has 0 bridgehead atoms. The molecule has 1 saturated heterocycles. The molecule has 1 amide bonds. The van der Waals surface area contributed by atoms with Crippen LogP contribution in [-0.4, -0.2) is 11.3 Å².